The Labute approximate surface area is 90.5 Å². The van der Waals surface area contributed by atoms with Crippen molar-refractivity contribution in [2.45, 2.75) is 46.7 Å². The highest BCUT2D eigenvalue weighted by molar-refractivity contribution is 7.69. The largest absolute Gasteiger partial charge is 0.219 e. The molecule has 0 radical (unpaired) electrons. The minimum atomic E-state index is -1.43. The van der Waals surface area contributed by atoms with Crippen LogP contribution in [-0.2, 0) is 4.52 Å². The van der Waals surface area contributed by atoms with Crippen molar-refractivity contribution in [2.24, 2.45) is 0 Å². The highest BCUT2D eigenvalue weighted by Gasteiger charge is 2.51. The Morgan fingerprint density at radius 1 is 1.07 bits per heavy atom. The van der Waals surface area contributed by atoms with E-state index >= 15 is 0 Å². The van der Waals surface area contributed by atoms with E-state index in [2.05, 4.69) is 52.9 Å². The Kier molecular flexibility index (Phi) is 5.57. The Balaban J connectivity index is 4.87. The molecule has 2 nitrogen and oxygen atoms in total. The van der Waals surface area contributed by atoms with Gasteiger partial charge in [-0.25, -0.2) is 4.52 Å². The molecule has 86 valence electrons. The summed E-state index contributed by atoms with van der Waals surface area (Å²) in [5.74, 6) is 0. The van der Waals surface area contributed by atoms with E-state index in [-0.39, 0.29) is 5.16 Å². The zero-order valence-electron chi connectivity index (χ0n) is 10.9. The van der Waals surface area contributed by atoms with Crippen molar-refractivity contribution < 1.29 is 4.52 Å². The maximum atomic E-state index is 6.07. The molecule has 0 aliphatic rings. The van der Waals surface area contributed by atoms with Crippen molar-refractivity contribution in [3.05, 3.63) is 0 Å². The van der Waals surface area contributed by atoms with Gasteiger partial charge >= 0.3 is 0 Å². The molecule has 0 N–H and O–H groups in total. The number of rotatable bonds is 5. The van der Waals surface area contributed by atoms with Crippen LogP contribution in [-0.4, -0.2) is 36.2 Å². The smallest absolute Gasteiger partial charge is 0.217 e. The topological polar surface area (TPSA) is 12.5 Å². The first kappa shape index (κ1) is 14.3. The van der Waals surface area contributed by atoms with Gasteiger partial charge in [0.2, 0.25) is 7.64 Å². The van der Waals surface area contributed by atoms with Gasteiger partial charge in [0.1, 0.15) is 5.16 Å². The minimum absolute atomic E-state index is 0.245. The van der Waals surface area contributed by atoms with Crippen LogP contribution in [0.5, 0.6) is 0 Å². The number of hydrogen-bond acceptors (Lipinski definition) is 2. The molecular weight excluding hydrogens is 193 g/mol. The van der Waals surface area contributed by atoms with Gasteiger partial charge < -0.3 is 0 Å². The first-order valence-electron chi connectivity index (χ1n) is 5.60. The molecule has 0 saturated carbocycles. The van der Waals surface area contributed by atoms with Gasteiger partial charge in [-0.1, -0.05) is 0 Å². The first-order valence-corrected chi connectivity index (χ1v) is 7.70. The lowest BCUT2D eigenvalue weighted by atomic mass is 10.3. The Morgan fingerprint density at radius 2 is 1.50 bits per heavy atom. The predicted molar refractivity (Wildman–Crippen MR) is 67.1 cm³/mol. The zero-order valence-corrected chi connectivity index (χ0v) is 11.8. The molecule has 0 aromatic heterocycles. The maximum Gasteiger partial charge on any atom is 0.217 e. The molecule has 1 unspecified atom stereocenters. The quantitative estimate of drug-likeness (QED) is 0.656. The predicted octanol–water partition coefficient (Wildman–Crippen LogP) is 3.64. The summed E-state index contributed by atoms with van der Waals surface area (Å²) >= 11 is 0. The average molecular weight is 220 g/mol. The number of nitrogens with zero attached hydrogens (tertiary/aromatic N) is 1. The normalized spacial score (nSPS) is 17.1. The van der Waals surface area contributed by atoms with E-state index in [9.17, 15) is 0 Å². The van der Waals surface area contributed by atoms with Crippen LogP contribution in [0.25, 0.3) is 0 Å². The van der Waals surface area contributed by atoms with Gasteiger partial charge in [0, 0.05) is 13.1 Å². The molecule has 0 aliphatic heterocycles. The van der Waals surface area contributed by atoms with Gasteiger partial charge in [-0.15, -0.1) is 0 Å². The third kappa shape index (κ3) is 2.92. The zero-order chi connectivity index (χ0) is 11.4. The van der Waals surface area contributed by atoms with E-state index in [1.165, 1.54) is 0 Å². The van der Waals surface area contributed by atoms with Crippen LogP contribution in [0.1, 0.15) is 41.5 Å². The molecule has 14 heavy (non-hydrogen) atoms. The van der Waals surface area contributed by atoms with Crippen molar-refractivity contribution in [1.82, 2.24) is 4.67 Å². The summed E-state index contributed by atoms with van der Waals surface area (Å²) in [7, 11) is -1.43. The molecule has 0 amide bonds. The second kappa shape index (κ2) is 5.44. The van der Waals surface area contributed by atoms with E-state index in [0.717, 1.165) is 19.7 Å². The molecule has 0 spiro atoms. The van der Waals surface area contributed by atoms with E-state index in [1.807, 2.05) is 0 Å². The van der Waals surface area contributed by atoms with Crippen LogP contribution in [0.4, 0.5) is 0 Å². The van der Waals surface area contributed by atoms with Gasteiger partial charge in [0.25, 0.3) is 0 Å². The van der Waals surface area contributed by atoms with E-state index in [4.69, 9.17) is 4.52 Å². The first-order chi connectivity index (χ1) is 6.33. The number of hydrogen-bond donors (Lipinski definition) is 0. The lowest BCUT2D eigenvalue weighted by Crippen LogP contribution is -2.35. The third-order valence-electron chi connectivity index (χ3n) is 2.89. The van der Waals surface area contributed by atoms with Gasteiger partial charge in [-0.2, -0.15) is 4.67 Å². The Hall–Kier alpha value is 0.350. The van der Waals surface area contributed by atoms with Crippen LogP contribution >= 0.6 is 7.64 Å². The Morgan fingerprint density at radius 3 is 1.71 bits per heavy atom. The van der Waals surface area contributed by atoms with Crippen LogP contribution in [0, 0.1) is 0 Å². The monoisotopic (exact) mass is 220 g/mol. The van der Waals surface area contributed by atoms with Crippen LogP contribution in [0.2, 0.25) is 0 Å². The molecule has 0 rings (SSSR count). The molecule has 0 aliphatic carbocycles. The summed E-state index contributed by atoms with van der Waals surface area (Å²) in [5.41, 5.74) is 0. The van der Waals surface area contributed by atoms with Crippen LogP contribution < -0.4 is 0 Å². The summed E-state index contributed by atoms with van der Waals surface area (Å²) < 4.78 is 8.57. The van der Waals surface area contributed by atoms with Crippen molar-refractivity contribution >= 4 is 7.64 Å². The van der Waals surface area contributed by atoms with E-state index in [0.29, 0.717) is 0 Å². The van der Waals surface area contributed by atoms with E-state index < -0.39 is 7.64 Å². The summed E-state index contributed by atoms with van der Waals surface area (Å²) in [6, 6.07) is 0. The molecule has 0 fully saturated rings. The van der Waals surface area contributed by atoms with Crippen molar-refractivity contribution in [1.29, 1.82) is 0 Å². The van der Waals surface area contributed by atoms with Crippen LogP contribution in [0.3, 0.4) is 0 Å². The fourth-order valence-electron chi connectivity index (χ4n) is 1.71. The molecule has 0 aromatic rings. The highest BCUT2D eigenvalue weighted by atomic mass is 31.2. The highest BCUT2D eigenvalue weighted by Crippen LogP contribution is 2.68. The lowest BCUT2D eigenvalue weighted by molar-refractivity contribution is 0.297. The molecule has 0 bridgehead atoms. The second-order valence-corrected chi connectivity index (χ2v) is 8.53. The van der Waals surface area contributed by atoms with E-state index in [1.54, 1.807) is 0 Å². The third-order valence-corrected chi connectivity index (χ3v) is 7.79. The van der Waals surface area contributed by atoms with Gasteiger partial charge in [0.15, 0.2) is 0 Å². The molecule has 0 aromatic carbocycles. The van der Waals surface area contributed by atoms with Crippen molar-refractivity contribution in [2.75, 3.05) is 26.4 Å². The summed E-state index contributed by atoms with van der Waals surface area (Å²) in [6.07, 6.45) is 0. The molecule has 1 atom stereocenters. The lowest BCUT2D eigenvalue weighted by Gasteiger charge is -2.39. The summed E-state index contributed by atoms with van der Waals surface area (Å²) in [4.78, 5) is 0. The SMILES string of the molecule is CCO[P+](C)(N(CC)CC)C(C)(C)C. The standard InChI is InChI=1S/C11H27NOP/c1-8-12(9-2)14(7,13-10-3)11(4,5)6/h8-10H2,1-7H3/q+1. The summed E-state index contributed by atoms with van der Waals surface area (Å²) in [6.45, 7) is 18.7. The van der Waals surface area contributed by atoms with Crippen molar-refractivity contribution in [3.63, 3.8) is 0 Å². The van der Waals surface area contributed by atoms with Gasteiger partial charge in [-0.05, 0) is 41.5 Å². The molecule has 0 saturated heterocycles. The summed E-state index contributed by atoms with van der Waals surface area (Å²) in [5, 5.41) is 0.245. The maximum absolute atomic E-state index is 6.07. The Bertz CT molecular complexity index is 163. The van der Waals surface area contributed by atoms with Gasteiger partial charge in [-0.3, -0.25) is 0 Å². The van der Waals surface area contributed by atoms with Crippen LogP contribution in [0.15, 0.2) is 0 Å². The molecule has 0 heterocycles. The fourth-order valence-corrected chi connectivity index (χ4v) is 4.70. The van der Waals surface area contributed by atoms with Gasteiger partial charge in [0.05, 0.1) is 13.3 Å². The fraction of sp³-hybridized carbons (Fsp3) is 1.00. The average Bonchev–Trinajstić information content (AvgIpc) is 2.04. The van der Waals surface area contributed by atoms with Crippen molar-refractivity contribution in [3.8, 4) is 0 Å². The minimum Gasteiger partial charge on any atom is -0.219 e. The second-order valence-electron chi connectivity index (χ2n) is 4.61. The molecular formula is C11H27NOP+. The molecule has 3 heteroatoms.